The van der Waals surface area contributed by atoms with Crippen LogP contribution in [0.25, 0.3) is 0 Å². The van der Waals surface area contributed by atoms with Crippen LogP contribution in [0.1, 0.15) is 26.3 Å². The van der Waals surface area contributed by atoms with E-state index in [4.69, 9.17) is 9.26 Å². The van der Waals surface area contributed by atoms with Crippen LogP contribution in [0.15, 0.2) is 30.3 Å². The molecule has 0 aliphatic rings. The Morgan fingerprint density at radius 1 is 1.16 bits per heavy atom. The van der Waals surface area contributed by atoms with Gasteiger partial charge in [0.2, 0.25) is 7.37 Å². The minimum Gasteiger partial charge on any atom is -0.467 e. The standard InChI is InChI=1S/C17H26NO6P/c1-12(2)15(25(5,21)24-13(3)16(19)22-4)18-17(20)23-11-14-9-7-6-8-10-14/h6-10,12-13,15H,11H2,1-5H3,(H,18,20). The molecule has 8 heteroatoms. The van der Waals surface area contributed by atoms with Gasteiger partial charge in [-0.2, -0.15) is 0 Å². The zero-order valence-corrected chi connectivity index (χ0v) is 16.1. The molecule has 0 saturated heterocycles. The average molecular weight is 371 g/mol. The second kappa shape index (κ2) is 9.59. The third-order valence-corrected chi connectivity index (χ3v) is 5.99. The average Bonchev–Trinajstić information content (AvgIpc) is 2.57. The maximum atomic E-state index is 12.9. The van der Waals surface area contributed by atoms with Gasteiger partial charge in [-0.15, -0.1) is 0 Å². The number of ether oxygens (including phenoxy) is 2. The lowest BCUT2D eigenvalue weighted by atomic mass is 10.2. The van der Waals surface area contributed by atoms with E-state index in [1.807, 2.05) is 30.3 Å². The summed E-state index contributed by atoms with van der Waals surface area (Å²) in [6.45, 7) is 6.53. The highest BCUT2D eigenvalue weighted by Gasteiger charge is 2.36. The Bertz CT molecular complexity index is 619. The predicted octanol–water partition coefficient (Wildman–Crippen LogP) is 3.38. The van der Waals surface area contributed by atoms with Crippen molar-refractivity contribution in [3.05, 3.63) is 35.9 Å². The first kappa shape index (κ1) is 21.2. The van der Waals surface area contributed by atoms with Crippen LogP contribution in [0.4, 0.5) is 4.79 Å². The fourth-order valence-electron chi connectivity index (χ4n) is 2.30. The number of esters is 1. The number of benzene rings is 1. The Labute approximate surface area is 148 Å². The zero-order chi connectivity index (χ0) is 19.0. The predicted molar refractivity (Wildman–Crippen MR) is 94.5 cm³/mol. The highest BCUT2D eigenvalue weighted by atomic mass is 31.2. The van der Waals surface area contributed by atoms with Gasteiger partial charge in [0.1, 0.15) is 12.4 Å². The quantitative estimate of drug-likeness (QED) is 0.556. The van der Waals surface area contributed by atoms with Crippen LogP contribution >= 0.6 is 7.37 Å². The third-order valence-electron chi connectivity index (χ3n) is 3.52. The molecule has 1 N–H and O–H groups in total. The van der Waals surface area contributed by atoms with Crippen molar-refractivity contribution >= 4 is 19.4 Å². The number of amides is 1. The lowest BCUT2D eigenvalue weighted by Gasteiger charge is -2.29. The molecule has 1 aromatic carbocycles. The van der Waals surface area contributed by atoms with Crippen molar-refractivity contribution in [2.24, 2.45) is 5.92 Å². The first-order chi connectivity index (χ1) is 11.7. The smallest absolute Gasteiger partial charge is 0.408 e. The minimum absolute atomic E-state index is 0.102. The summed E-state index contributed by atoms with van der Waals surface area (Å²) >= 11 is 0. The third kappa shape index (κ3) is 6.88. The normalized spacial score (nSPS) is 15.8. The lowest BCUT2D eigenvalue weighted by Crippen LogP contribution is -2.40. The maximum Gasteiger partial charge on any atom is 0.408 e. The molecular weight excluding hydrogens is 345 g/mol. The molecule has 1 amide bonds. The largest absolute Gasteiger partial charge is 0.467 e. The summed E-state index contributed by atoms with van der Waals surface area (Å²) in [7, 11) is -2.12. The minimum atomic E-state index is -3.34. The molecular formula is C17H26NO6P. The van der Waals surface area contributed by atoms with Crippen molar-refractivity contribution in [1.82, 2.24) is 5.32 Å². The molecule has 1 rings (SSSR count). The second-order valence-electron chi connectivity index (χ2n) is 6.07. The molecule has 0 aliphatic heterocycles. The van der Waals surface area contributed by atoms with Gasteiger partial charge in [-0.1, -0.05) is 44.2 Å². The van der Waals surface area contributed by atoms with Crippen LogP contribution in [-0.4, -0.2) is 37.7 Å². The molecule has 0 radical (unpaired) electrons. The van der Waals surface area contributed by atoms with Gasteiger partial charge >= 0.3 is 12.1 Å². The van der Waals surface area contributed by atoms with Crippen LogP contribution in [0.3, 0.4) is 0 Å². The molecule has 0 aromatic heterocycles. The van der Waals surface area contributed by atoms with Crippen molar-refractivity contribution in [2.75, 3.05) is 13.8 Å². The molecule has 7 nitrogen and oxygen atoms in total. The van der Waals surface area contributed by atoms with E-state index in [9.17, 15) is 14.2 Å². The highest BCUT2D eigenvalue weighted by Crippen LogP contribution is 2.50. The second-order valence-corrected chi connectivity index (χ2v) is 8.66. The number of rotatable bonds is 8. The molecule has 0 aliphatic carbocycles. The van der Waals surface area contributed by atoms with Crippen LogP contribution in [-0.2, 0) is 30.0 Å². The van der Waals surface area contributed by atoms with Crippen molar-refractivity contribution in [2.45, 2.75) is 39.3 Å². The summed E-state index contributed by atoms with van der Waals surface area (Å²) in [5, 5.41) is 2.59. The van der Waals surface area contributed by atoms with E-state index < -0.39 is 31.3 Å². The maximum absolute atomic E-state index is 12.9. The van der Waals surface area contributed by atoms with Gasteiger partial charge in [0, 0.05) is 6.66 Å². The fourth-order valence-corrected chi connectivity index (χ4v) is 4.57. The number of methoxy groups -OCH3 is 1. The highest BCUT2D eigenvalue weighted by molar-refractivity contribution is 7.59. The molecule has 0 fully saturated rings. The summed E-state index contributed by atoms with van der Waals surface area (Å²) in [5.74, 6) is -1.61. The summed E-state index contributed by atoms with van der Waals surface area (Å²) in [6.07, 6.45) is -1.69. The van der Waals surface area contributed by atoms with Crippen molar-refractivity contribution in [3.63, 3.8) is 0 Å². The fraction of sp³-hybridized carbons (Fsp3) is 0.529. The van der Waals surface area contributed by atoms with Gasteiger partial charge < -0.3 is 19.3 Å². The molecule has 25 heavy (non-hydrogen) atoms. The van der Waals surface area contributed by atoms with Crippen LogP contribution in [0, 0.1) is 5.92 Å². The van der Waals surface area contributed by atoms with E-state index in [0.29, 0.717) is 0 Å². The number of hydrogen-bond donors (Lipinski definition) is 1. The summed E-state index contributed by atoms with van der Waals surface area (Å²) in [5.41, 5.74) is 0.842. The van der Waals surface area contributed by atoms with Crippen molar-refractivity contribution in [3.8, 4) is 0 Å². The molecule has 0 bridgehead atoms. The molecule has 3 atom stereocenters. The van der Waals surface area contributed by atoms with Crippen LogP contribution in [0.2, 0.25) is 0 Å². The van der Waals surface area contributed by atoms with Gasteiger partial charge in [-0.3, -0.25) is 4.57 Å². The number of alkyl carbamates (subject to hydrolysis) is 1. The van der Waals surface area contributed by atoms with E-state index in [-0.39, 0.29) is 12.5 Å². The van der Waals surface area contributed by atoms with Crippen LogP contribution in [0.5, 0.6) is 0 Å². The van der Waals surface area contributed by atoms with E-state index >= 15 is 0 Å². The monoisotopic (exact) mass is 371 g/mol. The number of carbonyl (C=O) groups excluding carboxylic acids is 2. The molecule has 140 valence electrons. The Hall–Kier alpha value is -1.85. The Balaban J connectivity index is 2.70. The number of nitrogens with one attached hydrogen (secondary N) is 1. The lowest BCUT2D eigenvalue weighted by molar-refractivity contribution is -0.147. The van der Waals surface area contributed by atoms with Gasteiger partial charge in [-0.25, -0.2) is 9.59 Å². The summed E-state index contributed by atoms with van der Waals surface area (Å²) in [4.78, 5) is 23.5. The van der Waals surface area contributed by atoms with Gasteiger partial charge in [0.25, 0.3) is 0 Å². The van der Waals surface area contributed by atoms with E-state index in [1.165, 1.54) is 20.7 Å². The zero-order valence-electron chi connectivity index (χ0n) is 15.2. The van der Waals surface area contributed by atoms with E-state index in [1.54, 1.807) is 13.8 Å². The molecule has 0 heterocycles. The van der Waals surface area contributed by atoms with Crippen molar-refractivity contribution < 1.29 is 28.2 Å². The molecule has 0 spiro atoms. The topological polar surface area (TPSA) is 90.9 Å². The SMILES string of the molecule is COC(=O)C(C)OP(C)(=O)C(NC(=O)OCc1ccccc1)C(C)C. The summed E-state index contributed by atoms with van der Waals surface area (Å²) in [6, 6.07) is 9.22. The Kier molecular flexibility index (Phi) is 8.13. The first-order valence-electron chi connectivity index (χ1n) is 7.98. The van der Waals surface area contributed by atoms with Crippen molar-refractivity contribution in [1.29, 1.82) is 0 Å². The van der Waals surface area contributed by atoms with Gasteiger partial charge in [-0.05, 0) is 18.4 Å². The van der Waals surface area contributed by atoms with Gasteiger partial charge in [0.05, 0.1) is 7.11 Å². The Morgan fingerprint density at radius 2 is 1.76 bits per heavy atom. The Morgan fingerprint density at radius 3 is 2.28 bits per heavy atom. The van der Waals surface area contributed by atoms with E-state index in [0.717, 1.165) is 5.56 Å². The summed E-state index contributed by atoms with van der Waals surface area (Å²) < 4.78 is 28.0. The number of hydrogen-bond acceptors (Lipinski definition) is 6. The van der Waals surface area contributed by atoms with Crippen LogP contribution < -0.4 is 5.32 Å². The first-order valence-corrected chi connectivity index (χ1v) is 10.1. The van der Waals surface area contributed by atoms with Gasteiger partial charge in [0.15, 0.2) is 6.10 Å². The van der Waals surface area contributed by atoms with E-state index in [2.05, 4.69) is 10.1 Å². The molecule has 0 saturated carbocycles. The molecule has 1 aromatic rings. The number of carbonyl (C=O) groups is 2. The molecule has 3 unspecified atom stereocenters.